The lowest BCUT2D eigenvalue weighted by Gasteiger charge is -2.11. The normalized spacial score (nSPS) is 10.2. The third-order valence-corrected chi connectivity index (χ3v) is 2.98. The summed E-state index contributed by atoms with van der Waals surface area (Å²) in [5, 5.41) is 9.97. The number of aromatic hydroxyl groups is 1. The number of hydrogen-bond acceptors (Lipinski definition) is 3. The Kier molecular flexibility index (Phi) is 3.63. The van der Waals surface area contributed by atoms with Crippen molar-refractivity contribution in [1.82, 2.24) is 0 Å². The number of phenols is 1. The van der Waals surface area contributed by atoms with Gasteiger partial charge in [-0.2, -0.15) is 0 Å². The van der Waals surface area contributed by atoms with E-state index in [-0.39, 0.29) is 5.75 Å². The highest BCUT2D eigenvalue weighted by molar-refractivity contribution is 6.32. The molecule has 2 rings (SSSR count). The first-order valence-corrected chi connectivity index (χ1v) is 5.74. The molecule has 0 aromatic heterocycles. The molecular formula is C14H13ClO3. The van der Waals surface area contributed by atoms with Gasteiger partial charge in [-0.05, 0) is 35.9 Å². The predicted octanol–water partition coefficient (Wildman–Crippen LogP) is 3.73. The van der Waals surface area contributed by atoms with Gasteiger partial charge in [-0.25, -0.2) is 0 Å². The van der Waals surface area contributed by atoms with E-state index in [9.17, 15) is 5.11 Å². The molecule has 2 aromatic rings. The van der Waals surface area contributed by atoms with Gasteiger partial charge in [-0.15, -0.1) is 0 Å². The SMILES string of the molecule is COc1ccc(OC)c(-c2ccc(Cl)c(O)c2)c1. The first-order valence-electron chi connectivity index (χ1n) is 5.36. The van der Waals surface area contributed by atoms with Crippen LogP contribution in [-0.4, -0.2) is 19.3 Å². The van der Waals surface area contributed by atoms with Gasteiger partial charge in [0.05, 0.1) is 19.2 Å². The lowest BCUT2D eigenvalue weighted by molar-refractivity contribution is 0.404. The minimum absolute atomic E-state index is 0.0408. The van der Waals surface area contributed by atoms with Crippen molar-refractivity contribution in [2.75, 3.05) is 14.2 Å². The van der Waals surface area contributed by atoms with Crippen LogP contribution in [0.5, 0.6) is 17.2 Å². The van der Waals surface area contributed by atoms with Gasteiger partial charge in [0, 0.05) is 5.56 Å². The van der Waals surface area contributed by atoms with Crippen molar-refractivity contribution in [3.8, 4) is 28.4 Å². The lowest BCUT2D eigenvalue weighted by atomic mass is 10.0. The van der Waals surface area contributed by atoms with E-state index in [1.165, 1.54) is 0 Å². The first-order chi connectivity index (χ1) is 8.65. The molecule has 0 saturated heterocycles. The summed E-state index contributed by atoms with van der Waals surface area (Å²) in [7, 11) is 3.20. The number of benzene rings is 2. The maximum absolute atomic E-state index is 9.65. The Bertz CT molecular complexity index is 567. The van der Waals surface area contributed by atoms with Gasteiger partial charge in [-0.1, -0.05) is 17.7 Å². The second kappa shape index (κ2) is 5.19. The molecule has 1 N–H and O–H groups in total. The molecule has 94 valence electrons. The molecule has 0 saturated carbocycles. The minimum atomic E-state index is 0.0408. The quantitative estimate of drug-likeness (QED) is 0.918. The summed E-state index contributed by atoms with van der Waals surface area (Å²) in [4.78, 5) is 0. The fraction of sp³-hybridized carbons (Fsp3) is 0.143. The molecular weight excluding hydrogens is 252 g/mol. The second-order valence-electron chi connectivity index (χ2n) is 3.73. The summed E-state index contributed by atoms with van der Waals surface area (Å²) in [6.45, 7) is 0. The molecule has 4 heteroatoms. The Morgan fingerprint density at radius 1 is 1.00 bits per heavy atom. The lowest BCUT2D eigenvalue weighted by Crippen LogP contribution is -1.90. The van der Waals surface area contributed by atoms with Crippen LogP contribution in [0.15, 0.2) is 36.4 Å². The Labute approximate surface area is 111 Å². The van der Waals surface area contributed by atoms with E-state index in [2.05, 4.69) is 0 Å². The van der Waals surface area contributed by atoms with Crippen molar-refractivity contribution >= 4 is 11.6 Å². The zero-order chi connectivity index (χ0) is 13.1. The van der Waals surface area contributed by atoms with Crippen LogP contribution in [0, 0.1) is 0 Å². The van der Waals surface area contributed by atoms with Crippen LogP contribution in [0.2, 0.25) is 5.02 Å². The smallest absolute Gasteiger partial charge is 0.134 e. The topological polar surface area (TPSA) is 38.7 Å². The van der Waals surface area contributed by atoms with E-state index in [1.54, 1.807) is 26.4 Å². The van der Waals surface area contributed by atoms with E-state index in [0.717, 1.165) is 16.9 Å². The number of rotatable bonds is 3. The fourth-order valence-corrected chi connectivity index (χ4v) is 1.84. The van der Waals surface area contributed by atoms with Crippen LogP contribution < -0.4 is 9.47 Å². The summed E-state index contributed by atoms with van der Waals surface area (Å²) in [5.41, 5.74) is 1.65. The average Bonchev–Trinajstić information content (AvgIpc) is 2.41. The fourth-order valence-electron chi connectivity index (χ4n) is 1.72. The highest BCUT2D eigenvalue weighted by atomic mass is 35.5. The molecule has 0 amide bonds. The maximum Gasteiger partial charge on any atom is 0.134 e. The number of halogens is 1. The van der Waals surface area contributed by atoms with Crippen LogP contribution >= 0.6 is 11.6 Å². The molecule has 3 nitrogen and oxygen atoms in total. The van der Waals surface area contributed by atoms with E-state index < -0.39 is 0 Å². The van der Waals surface area contributed by atoms with Gasteiger partial charge < -0.3 is 14.6 Å². The largest absolute Gasteiger partial charge is 0.506 e. The van der Waals surface area contributed by atoms with Crippen molar-refractivity contribution in [3.63, 3.8) is 0 Å². The van der Waals surface area contributed by atoms with Gasteiger partial charge in [0.2, 0.25) is 0 Å². The summed E-state index contributed by atoms with van der Waals surface area (Å²) >= 11 is 5.79. The van der Waals surface area contributed by atoms with Crippen molar-refractivity contribution in [1.29, 1.82) is 0 Å². The molecule has 0 radical (unpaired) electrons. The van der Waals surface area contributed by atoms with Gasteiger partial charge in [0.1, 0.15) is 17.2 Å². The molecule has 0 fully saturated rings. The second-order valence-corrected chi connectivity index (χ2v) is 4.14. The molecule has 0 aliphatic rings. The summed E-state index contributed by atoms with van der Waals surface area (Å²) in [6, 6.07) is 10.5. The van der Waals surface area contributed by atoms with Crippen molar-refractivity contribution < 1.29 is 14.6 Å². The van der Waals surface area contributed by atoms with Crippen LogP contribution in [0.3, 0.4) is 0 Å². The summed E-state index contributed by atoms with van der Waals surface area (Å²) < 4.78 is 10.5. The molecule has 0 heterocycles. The Balaban J connectivity index is 2.57. The van der Waals surface area contributed by atoms with E-state index in [4.69, 9.17) is 21.1 Å². The number of phenolic OH excluding ortho intramolecular Hbond substituents is 1. The van der Waals surface area contributed by atoms with E-state index in [1.807, 2.05) is 24.3 Å². The molecule has 0 bridgehead atoms. The molecule has 0 atom stereocenters. The average molecular weight is 265 g/mol. The number of ether oxygens (including phenoxy) is 2. The zero-order valence-electron chi connectivity index (χ0n) is 10.1. The van der Waals surface area contributed by atoms with Crippen molar-refractivity contribution in [2.24, 2.45) is 0 Å². The van der Waals surface area contributed by atoms with Crippen LogP contribution in [0.4, 0.5) is 0 Å². The Morgan fingerprint density at radius 3 is 2.39 bits per heavy atom. The Hall–Kier alpha value is -1.87. The standard InChI is InChI=1S/C14H13ClO3/c1-17-10-4-6-14(18-2)11(8-10)9-3-5-12(15)13(16)7-9/h3-8,16H,1-2H3. The van der Waals surface area contributed by atoms with Crippen LogP contribution in [-0.2, 0) is 0 Å². The summed E-state index contributed by atoms with van der Waals surface area (Å²) in [5.74, 6) is 1.47. The monoisotopic (exact) mass is 264 g/mol. The van der Waals surface area contributed by atoms with Gasteiger partial charge in [-0.3, -0.25) is 0 Å². The third-order valence-electron chi connectivity index (χ3n) is 2.66. The van der Waals surface area contributed by atoms with E-state index in [0.29, 0.717) is 10.8 Å². The predicted molar refractivity (Wildman–Crippen MR) is 71.7 cm³/mol. The molecule has 0 aliphatic carbocycles. The van der Waals surface area contributed by atoms with Gasteiger partial charge in [0.15, 0.2) is 0 Å². The number of hydrogen-bond donors (Lipinski definition) is 1. The summed E-state index contributed by atoms with van der Waals surface area (Å²) in [6.07, 6.45) is 0. The zero-order valence-corrected chi connectivity index (χ0v) is 10.9. The molecule has 0 aliphatic heterocycles. The Morgan fingerprint density at radius 2 is 1.78 bits per heavy atom. The van der Waals surface area contributed by atoms with Crippen molar-refractivity contribution in [2.45, 2.75) is 0 Å². The molecule has 0 spiro atoms. The van der Waals surface area contributed by atoms with E-state index >= 15 is 0 Å². The highest BCUT2D eigenvalue weighted by Gasteiger charge is 2.09. The third kappa shape index (κ3) is 2.36. The highest BCUT2D eigenvalue weighted by Crippen LogP contribution is 2.36. The minimum Gasteiger partial charge on any atom is -0.506 e. The van der Waals surface area contributed by atoms with Crippen molar-refractivity contribution in [3.05, 3.63) is 41.4 Å². The molecule has 18 heavy (non-hydrogen) atoms. The van der Waals surface area contributed by atoms with Gasteiger partial charge in [0.25, 0.3) is 0 Å². The first kappa shape index (κ1) is 12.6. The van der Waals surface area contributed by atoms with Crippen LogP contribution in [0.1, 0.15) is 0 Å². The number of methoxy groups -OCH3 is 2. The maximum atomic E-state index is 9.65. The van der Waals surface area contributed by atoms with Crippen LogP contribution in [0.25, 0.3) is 11.1 Å². The molecule has 2 aromatic carbocycles. The molecule has 0 unspecified atom stereocenters. The van der Waals surface area contributed by atoms with Gasteiger partial charge >= 0.3 is 0 Å².